The molecule has 32 heavy (non-hydrogen) atoms. The molecule has 1 amide bonds. The maximum atomic E-state index is 14.3. The van der Waals surface area contributed by atoms with Crippen LogP contribution >= 0.6 is 11.3 Å². The van der Waals surface area contributed by atoms with Gasteiger partial charge in [-0.2, -0.15) is 0 Å². The molecule has 0 spiro atoms. The van der Waals surface area contributed by atoms with Gasteiger partial charge in [-0.25, -0.2) is 9.37 Å². The third-order valence-electron chi connectivity index (χ3n) is 6.02. The molecule has 1 aliphatic heterocycles. The van der Waals surface area contributed by atoms with Gasteiger partial charge < -0.3 is 4.74 Å². The van der Waals surface area contributed by atoms with Crippen molar-refractivity contribution in [3.63, 3.8) is 0 Å². The van der Waals surface area contributed by atoms with Crippen molar-refractivity contribution in [2.24, 2.45) is 0 Å². The number of carbonyl (C=O) groups is 1. The van der Waals surface area contributed by atoms with Crippen LogP contribution in [0.2, 0.25) is 0 Å². The summed E-state index contributed by atoms with van der Waals surface area (Å²) in [5, 5.41) is 0.569. The first kappa shape index (κ1) is 22.8. The number of morpholine rings is 1. The lowest BCUT2D eigenvalue weighted by Gasteiger charge is -2.28. The summed E-state index contributed by atoms with van der Waals surface area (Å²) in [6, 6.07) is 9.18. The van der Waals surface area contributed by atoms with Crippen molar-refractivity contribution in [3.8, 4) is 0 Å². The molecule has 170 valence electrons. The Morgan fingerprint density at radius 3 is 2.59 bits per heavy atom. The predicted octanol–water partition coefficient (Wildman–Crippen LogP) is 4.66. The first-order chi connectivity index (χ1) is 15.4. The Morgan fingerprint density at radius 2 is 1.91 bits per heavy atom. The Morgan fingerprint density at radius 1 is 1.19 bits per heavy atom. The summed E-state index contributed by atoms with van der Waals surface area (Å²) < 4.78 is 20.5. The molecule has 3 aromatic rings. The Bertz CT molecular complexity index is 1080. The minimum Gasteiger partial charge on any atom is -0.379 e. The summed E-state index contributed by atoms with van der Waals surface area (Å²) in [4.78, 5) is 22.1. The largest absolute Gasteiger partial charge is 0.379 e. The summed E-state index contributed by atoms with van der Waals surface area (Å²) in [5.74, 6) is -0.350. The second kappa shape index (κ2) is 10.1. The fourth-order valence-corrected chi connectivity index (χ4v) is 5.38. The standard InChI is InChI=1S/C25H30FN3O2S/c1-17-14-18(2)20(19(3)15-17)16-23(30)29(9-5-8-28-10-12-31-13-11-28)25-27-24-21(26)6-4-7-22(24)32-25/h4,6-7,14-15H,5,8-13,16H2,1-3H3. The summed E-state index contributed by atoms with van der Waals surface area (Å²) in [7, 11) is 0. The van der Waals surface area contributed by atoms with Gasteiger partial charge in [0.05, 0.1) is 24.3 Å². The molecular formula is C25H30FN3O2S. The van der Waals surface area contributed by atoms with Gasteiger partial charge in [0.15, 0.2) is 5.13 Å². The van der Waals surface area contributed by atoms with E-state index in [1.165, 1.54) is 23.0 Å². The molecule has 0 atom stereocenters. The Kier molecular flexibility index (Phi) is 7.18. The maximum absolute atomic E-state index is 14.3. The number of nitrogens with zero attached hydrogens (tertiary/aromatic N) is 3. The molecule has 2 aromatic carbocycles. The average Bonchev–Trinajstić information content (AvgIpc) is 3.19. The van der Waals surface area contributed by atoms with Crippen LogP contribution in [-0.2, 0) is 16.0 Å². The normalized spacial score (nSPS) is 14.8. The van der Waals surface area contributed by atoms with E-state index < -0.39 is 0 Å². The van der Waals surface area contributed by atoms with Gasteiger partial charge in [0, 0.05) is 26.2 Å². The van der Waals surface area contributed by atoms with E-state index in [0.717, 1.165) is 60.7 Å². The SMILES string of the molecule is Cc1cc(C)c(CC(=O)N(CCCN2CCOCC2)c2nc3c(F)cccc3s2)c(C)c1. The van der Waals surface area contributed by atoms with Gasteiger partial charge in [0.2, 0.25) is 5.91 Å². The molecule has 4 rings (SSSR count). The second-order valence-electron chi connectivity index (χ2n) is 8.49. The minimum absolute atomic E-state index is 0.00138. The lowest BCUT2D eigenvalue weighted by molar-refractivity contribution is -0.118. The van der Waals surface area contributed by atoms with Gasteiger partial charge in [-0.15, -0.1) is 0 Å². The van der Waals surface area contributed by atoms with E-state index in [1.807, 2.05) is 6.07 Å². The molecule has 1 fully saturated rings. The number of hydrogen-bond acceptors (Lipinski definition) is 5. The summed E-state index contributed by atoms with van der Waals surface area (Å²) >= 11 is 1.38. The molecule has 1 aliphatic rings. The number of carbonyl (C=O) groups excluding carboxylic acids is 1. The fourth-order valence-electron chi connectivity index (χ4n) is 4.36. The monoisotopic (exact) mass is 455 g/mol. The van der Waals surface area contributed by atoms with Crippen LogP contribution in [0.4, 0.5) is 9.52 Å². The van der Waals surface area contributed by atoms with Crippen LogP contribution in [0.1, 0.15) is 28.7 Å². The van der Waals surface area contributed by atoms with Crippen molar-refractivity contribution in [2.75, 3.05) is 44.3 Å². The summed E-state index contributed by atoms with van der Waals surface area (Å²) in [6.45, 7) is 11.0. The van der Waals surface area contributed by atoms with Crippen LogP contribution < -0.4 is 4.90 Å². The van der Waals surface area contributed by atoms with E-state index in [2.05, 4.69) is 42.8 Å². The van der Waals surface area contributed by atoms with Gasteiger partial charge in [-0.05, 0) is 56.0 Å². The average molecular weight is 456 g/mol. The van der Waals surface area contributed by atoms with Crippen LogP contribution in [0.25, 0.3) is 10.2 Å². The molecule has 0 unspecified atom stereocenters. The number of anilines is 1. The lowest BCUT2D eigenvalue weighted by Crippen LogP contribution is -2.39. The molecular weight excluding hydrogens is 425 g/mol. The highest BCUT2D eigenvalue weighted by Gasteiger charge is 2.22. The highest BCUT2D eigenvalue weighted by molar-refractivity contribution is 7.22. The molecule has 1 aromatic heterocycles. The van der Waals surface area contributed by atoms with E-state index in [-0.39, 0.29) is 11.7 Å². The highest BCUT2D eigenvalue weighted by Crippen LogP contribution is 2.31. The third-order valence-corrected chi connectivity index (χ3v) is 7.06. The van der Waals surface area contributed by atoms with Crippen LogP contribution in [0.3, 0.4) is 0 Å². The number of amides is 1. The van der Waals surface area contributed by atoms with Gasteiger partial charge in [0.1, 0.15) is 11.3 Å². The maximum Gasteiger partial charge on any atom is 0.233 e. The quantitative estimate of drug-likeness (QED) is 0.520. The van der Waals surface area contributed by atoms with E-state index in [9.17, 15) is 9.18 Å². The molecule has 0 bridgehead atoms. The van der Waals surface area contributed by atoms with Crippen molar-refractivity contribution >= 4 is 32.6 Å². The predicted molar refractivity (Wildman–Crippen MR) is 128 cm³/mol. The number of thiazole rings is 1. The van der Waals surface area contributed by atoms with Crippen molar-refractivity contribution in [2.45, 2.75) is 33.6 Å². The molecule has 0 radical (unpaired) electrons. The minimum atomic E-state index is -0.351. The number of ether oxygens (including phenoxy) is 1. The van der Waals surface area contributed by atoms with Crippen LogP contribution in [0.5, 0.6) is 0 Å². The summed E-state index contributed by atoms with van der Waals surface area (Å²) in [5.41, 5.74) is 4.84. The van der Waals surface area contributed by atoms with Crippen LogP contribution in [0, 0.1) is 26.6 Å². The smallest absolute Gasteiger partial charge is 0.233 e. The number of benzene rings is 2. The zero-order valence-electron chi connectivity index (χ0n) is 19.0. The fraction of sp³-hybridized carbons (Fsp3) is 0.440. The Hall–Kier alpha value is -2.35. The van der Waals surface area contributed by atoms with Crippen LogP contribution in [-0.4, -0.2) is 55.2 Å². The first-order valence-corrected chi connectivity index (χ1v) is 12.0. The van der Waals surface area contributed by atoms with Gasteiger partial charge in [0.25, 0.3) is 0 Å². The zero-order chi connectivity index (χ0) is 22.7. The highest BCUT2D eigenvalue weighted by atomic mass is 32.1. The molecule has 0 saturated carbocycles. The number of fused-ring (bicyclic) bond motifs is 1. The number of rotatable bonds is 7. The molecule has 7 heteroatoms. The molecule has 5 nitrogen and oxygen atoms in total. The zero-order valence-corrected chi connectivity index (χ0v) is 19.8. The Balaban J connectivity index is 1.57. The van der Waals surface area contributed by atoms with Crippen molar-refractivity contribution < 1.29 is 13.9 Å². The van der Waals surface area contributed by atoms with Gasteiger partial charge in [-0.3, -0.25) is 14.6 Å². The molecule has 2 heterocycles. The van der Waals surface area contributed by atoms with Crippen molar-refractivity contribution in [3.05, 3.63) is 58.4 Å². The first-order valence-electron chi connectivity index (χ1n) is 11.1. The van der Waals surface area contributed by atoms with Crippen molar-refractivity contribution in [1.82, 2.24) is 9.88 Å². The van der Waals surface area contributed by atoms with Gasteiger partial charge >= 0.3 is 0 Å². The molecule has 0 N–H and O–H groups in total. The second-order valence-corrected chi connectivity index (χ2v) is 9.50. The van der Waals surface area contributed by atoms with Crippen molar-refractivity contribution in [1.29, 1.82) is 0 Å². The third kappa shape index (κ3) is 5.17. The lowest BCUT2D eigenvalue weighted by atomic mass is 9.97. The number of halogens is 1. The summed E-state index contributed by atoms with van der Waals surface area (Å²) in [6.07, 6.45) is 1.14. The molecule has 0 aliphatic carbocycles. The van der Waals surface area contributed by atoms with E-state index in [1.54, 1.807) is 11.0 Å². The van der Waals surface area contributed by atoms with E-state index in [0.29, 0.717) is 23.6 Å². The van der Waals surface area contributed by atoms with E-state index in [4.69, 9.17) is 4.74 Å². The number of hydrogen-bond donors (Lipinski definition) is 0. The number of aryl methyl sites for hydroxylation is 3. The van der Waals surface area contributed by atoms with E-state index >= 15 is 0 Å². The van der Waals surface area contributed by atoms with Gasteiger partial charge in [-0.1, -0.05) is 35.1 Å². The molecule has 1 saturated heterocycles. The number of aromatic nitrogens is 1. The Labute approximate surface area is 192 Å². The van der Waals surface area contributed by atoms with Crippen LogP contribution in [0.15, 0.2) is 30.3 Å². The number of para-hydroxylation sites is 1. The topological polar surface area (TPSA) is 45.7 Å².